The molecule has 6 heteroatoms. The number of rotatable bonds is 8. The Kier molecular flexibility index (Phi) is 6.06. The summed E-state index contributed by atoms with van der Waals surface area (Å²) in [6.07, 6.45) is 1.69. The number of hydrogen-bond acceptors (Lipinski definition) is 4. The number of fused-ring (bicyclic) bond motifs is 10. The van der Waals surface area contributed by atoms with Crippen molar-refractivity contribution in [2.45, 2.75) is 32.5 Å². The lowest BCUT2D eigenvalue weighted by Crippen LogP contribution is -2.16. The van der Waals surface area contributed by atoms with Gasteiger partial charge in [-0.3, -0.25) is 4.79 Å². The second kappa shape index (κ2) is 9.88. The molecule has 7 rings (SSSR count). The Morgan fingerprint density at radius 2 is 1.74 bits per heavy atom. The number of para-hydroxylation sites is 1. The Morgan fingerprint density at radius 3 is 2.62 bits per heavy atom. The van der Waals surface area contributed by atoms with Gasteiger partial charge in [0.05, 0.1) is 30.9 Å². The van der Waals surface area contributed by atoms with Gasteiger partial charge in [-0.1, -0.05) is 54.6 Å². The van der Waals surface area contributed by atoms with E-state index >= 15 is 0 Å². The molecule has 0 unspecified atom stereocenters. The predicted molar refractivity (Wildman–Crippen MR) is 152 cm³/mol. The summed E-state index contributed by atoms with van der Waals surface area (Å²) in [4.78, 5) is 13.2. The monoisotopic (exact) mass is 518 g/mol. The number of nitrogens with one attached hydrogen (secondary N) is 1. The summed E-state index contributed by atoms with van der Waals surface area (Å²) in [7, 11) is 0. The molecule has 1 aliphatic carbocycles. The maximum Gasteiger partial charge on any atom is 0.252 e. The minimum absolute atomic E-state index is 0.00844. The number of hydrogen-bond donors (Lipinski definition) is 2. The van der Waals surface area contributed by atoms with E-state index in [2.05, 4.69) is 46.3 Å². The molecule has 5 aromatic rings. The number of aromatic nitrogens is 1. The number of carbonyl (C=O) groups is 1. The standard InChI is InChI=1S/C33H30N2O4/c36-15-14-35-28-9-5-4-8-25(28)30-27-19-34-33(37)31(27)29-24-13-11-23(18-22(24)10-12-26(29)32(30)35)39-17-16-38-20-21-6-2-1-3-7-21/h1-9,11,13,18,36H,10,12,14-17,19-20H2,(H,34,37). The predicted octanol–water partition coefficient (Wildman–Crippen LogP) is 5.39. The van der Waals surface area contributed by atoms with E-state index in [1.807, 2.05) is 36.4 Å². The number of aliphatic hydroxyl groups excluding tert-OH is 1. The van der Waals surface area contributed by atoms with E-state index < -0.39 is 0 Å². The van der Waals surface area contributed by atoms with Crippen LogP contribution in [0.25, 0.3) is 32.9 Å². The van der Waals surface area contributed by atoms with Crippen molar-refractivity contribution in [3.63, 3.8) is 0 Å². The molecule has 1 amide bonds. The molecule has 2 heterocycles. The summed E-state index contributed by atoms with van der Waals surface area (Å²) < 4.78 is 14.0. The molecule has 2 aliphatic rings. The van der Waals surface area contributed by atoms with E-state index in [1.54, 1.807) is 0 Å². The molecule has 2 N–H and O–H groups in total. The van der Waals surface area contributed by atoms with Crippen molar-refractivity contribution in [1.29, 1.82) is 0 Å². The van der Waals surface area contributed by atoms with Crippen LogP contribution in [0.4, 0.5) is 0 Å². The van der Waals surface area contributed by atoms with E-state index in [-0.39, 0.29) is 12.5 Å². The molecule has 0 atom stereocenters. The van der Waals surface area contributed by atoms with Crippen molar-refractivity contribution in [3.8, 4) is 16.9 Å². The van der Waals surface area contributed by atoms with Gasteiger partial charge in [0.2, 0.25) is 0 Å². The molecule has 0 saturated carbocycles. The average Bonchev–Trinajstić information content (AvgIpc) is 3.51. The Morgan fingerprint density at radius 1 is 0.897 bits per heavy atom. The lowest BCUT2D eigenvalue weighted by atomic mass is 9.80. The molecule has 196 valence electrons. The summed E-state index contributed by atoms with van der Waals surface area (Å²) in [5.74, 6) is 0.808. The number of aliphatic hydroxyl groups is 1. The average molecular weight is 519 g/mol. The van der Waals surface area contributed by atoms with Gasteiger partial charge in [0.1, 0.15) is 12.4 Å². The summed E-state index contributed by atoms with van der Waals surface area (Å²) in [5, 5.41) is 15.3. The fraction of sp³-hybridized carbons (Fsp3) is 0.242. The van der Waals surface area contributed by atoms with E-state index in [4.69, 9.17) is 9.47 Å². The van der Waals surface area contributed by atoms with Crippen molar-refractivity contribution < 1.29 is 19.4 Å². The van der Waals surface area contributed by atoms with Crippen LogP contribution in [-0.2, 0) is 37.3 Å². The molecule has 0 spiro atoms. The fourth-order valence-electron chi connectivity index (χ4n) is 6.38. The molecular weight excluding hydrogens is 488 g/mol. The summed E-state index contributed by atoms with van der Waals surface area (Å²) in [6, 6.07) is 24.7. The summed E-state index contributed by atoms with van der Waals surface area (Å²) in [6.45, 7) is 2.65. The van der Waals surface area contributed by atoms with E-state index in [0.717, 1.165) is 68.2 Å². The van der Waals surface area contributed by atoms with Crippen LogP contribution in [-0.4, -0.2) is 35.4 Å². The van der Waals surface area contributed by atoms with Crippen LogP contribution < -0.4 is 10.1 Å². The highest BCUT2D eigenvalue weighted by Gasteiger charge is 2.34. The van der Waals surface area contributed by atoms with Crippen molar-refractivity contribution in [3.05, 3.63) is 101 Å². The van der Waals surface area contributed by atoms with Gasteiger partial charge in [-0.15, -0.1) is 0 Å². The number of carbonyl (C=O) groups excluding carboxylic acids is 1. The minimum Gasteiger partial charge on any atom is -0.491 e. The highest BCUT2D eigenvalue weighted by molar-refractivity contribution is 6.19. The molecule has 0 radical (unpaired) electrons. The van der Waals surface area contributed by atoms with Crippen molar-refractivity contribution in [2.75, 3.05) is 19.8 Å². The van der Waals surface area contributed by atoms with Gasteiger partial charge < -0.3 is 24.5 Å². The van der Waals surface area contributed by atoms with Crippen LogP contribution in [0, 0.1) is 0 Å². The van der Waals surface area contributed by atoms with Crippen LogP contribution in [0.5, 0.6) is 5.75 Å². The summed E-state index contributed by atoms with van der Waals surface area (Å²) in [5.41, 5.74) is 9.77. The molecule has 0 bridgehead atoms. The third-order valence-electron chi connectivity index (χ3n) is 7.99. The van der Waals surface area contributed by atoms with E-state index in [1.165, 1.54) is 11.1 Å². The quantitative estimate of drug-likeness (QED) is 0.270. The topological polar surface area (TPSA) is 72.7 Å². The first-order valence-electron chi connectivity index (χ1n) is 13.6. The number of nitrogens with zero attached hydrogens (tertiary/aromatic N) is 1. The second-order valence-electron chi connectivity index (χ2n) is 10.2. The summed E-state index contributed by atoms with van der Waals surface area (Å²) >= 11 is 0. The van der Waals surface area contributed by atoms with Gasteiger partial charge in [-0.05, 0) is 58.9 Å². The Balaban J connectivity index is 1.25. The highest BCUT2D eigenvalue weighted by Crippen LogP contribution is 2.47. The SMILES string of the molecule is O=C1NCc2c1c1c(c3c2c2ccccc2n3CCO)CCc2cc(OCCOCc3ccccc3)ccc2-1. The lowest BCUT2D eigenvalue weighted by molar-refractivity contribution is 0.0889. The maximum atomic E-state index is 13.2. The molecule has 1 aliphatic heterocycles. The van der Waals surface area contributed by atoms with Gasteiger partial charge in [0.15, 0.2) is 0 Å². The van der Waals surface area contributed by atoms with Gasteiger partial charge >= 0.3 is 0 Å². The van der Waals surface area contributed by atoms with Crippen LogP contribution in [0.1, 0.15) is 32.6 Å². The zero-order valence-corrected chi connectivity index (χ0v) is 21.7. The molecular formula is C33H30N2O4. The first-order chi connectivity index (χ1) is 19.2. The Bertz CT molecular complexity index is 1720. The van der Waals surface area contributed by atoms with E-state index in [9.17, 15) is 9.90 Å². The zero-order valence-electron chi connectivity index (χ0n) is 21.7. The smallest absolute Gasteiger partial charge is 0.252 e. The van der Waals surface area contributed by atoms with Crippen LogP contribution in [0.15, 0.2) is 72.8 Å². The minimum atomic E-state index is -0.00844. The van der Waals surface area contributed by atoms with E-state index in [0.29, 0.717) is 32.9 Å². The lowest BCUT2D eigenvalue weighted by Gasteiger charge is -2.25. The third-order valence-corrected chi connectivity index (χ3v) is 7.99. The first-order valence-corrected chi connectivity index (χ1v) is 13.6. The van der Waals surface area contributed by atoms with Crippen LogP contribution in [0.3, 0.4) is 0 Å². The molecule has 0 saturated heterocycles. The molecule has 6 nitrogen and oxygen atoms in total. The van der Waals surface area contributed by atoms with Gasteiger partial charge in [-0.25, -0.2) is 0 Å². The zero-order chi connectivity index (χ0) is 26.3. The number of benzene rings is 4. The molecule has 1 aromatic heterocycles. The largest absolute Gasteiger partial charge is 0.491 e. The third kappa shape index (κ3) is 3.99. The first kappa shape index (κ1) is 23.9. The Hall–Kier alpha value is -4.13. The normalized spacial score (nSPS) is 13.8. The van der Waals surface area contributed by atoms with Gasteiger partial charge in [0, 0.05) is 34.9 Å². The number of ether oxygens (including phenoxy) is 2. The highest BCUT2D eigenvalue weighted by atomic mass is 16.5. The van der Waals surface area contributed by atoms with Crippen molar-refractivity contribution >= 4 is 27.7 Å². The van der Waals surface area contributed by atoms with Gasteiger partial charge in [0.25, 0.3) is 5.91 Å². The maximum absolute atomic E-state index is 13.2. The molecule has 4 aromatic carbocycles. The Labute approximate surface area is 226 Å². The molecule has 39 heavy (non-hydrogen) atoms. The number of amides is 1. The number of aryl methyl sites for hydroxylation is 2. The van der Waals surface area contributed by atoms with Crippen LogP contribution in [0.2, 0.25) is 0 Å². The fourth-order valence-corrected chi connectivity index (χ4v) is 6.38. The molecule has 0 fully saturated rings. The second-order valence-corrected chi connectivity index (χ2v) is 10.2. The van der Waals surface area contributed by atoms with Crippen molar-refractivity contribution in [1.82, 2.24) is 9.88 Å². The van der Waals surface area contributed by atoms with Crippen LogP contribution >= 0.6 is 0 Å². The van der Waals surface area contributed by atoms with Gasteiger partial charge in [-0.2, -0.15) is 0 Å². The van der Waals surface area contributed by atoms with Crippen molar-refractivity contribution in [2.24, 2.45) is 0 Å².